The molecule has 1 saturated heterocycles. The van der Waals surface area contributed by atoms with Gasteiger partial charge in [-0.05, 0) is 61.1 Å². The molecule has 1 aliphatic carbocycles. The number of nitrogens with one attached hydrogen (secondary N) is 2. The predicted octanol–water partition coefficient (Wildman–Crippen LogP) is 2.94. The molecule has 1 aromatic rings. The Morgan fingerprint density at radius 1 is 1.21 bits per heavy atom. The van der Waals surface area contributed by atoms with Gasteiger partial charge in [-0.15, -0.1) is 0 Å². The quantitative estimate of drug-likeness (QED) is 0.422. The molecule has 0 unspecified atom stereocenters. The summed E-state index contributed by atoms with van der Waals surface area (Å²) in [5, 5.41) is 5.41. The van der Waals surface area contributed by atoms with E-state index in [2.05, 4.69) is 31.4 Å². The average molecular weight is 476 g/mol. The lowest BCUT2D eigenvalue weighted by atomic mass is 9.65. The second-order valence-electron chi connectivity index (χ2n) is 9.91. The highest BCUT2D eigenvalue weighted by atomic mass is 19.1. The van der Waals surface area contributed by atoms with E-state index in [1.54, 1.807) is 12.1 Å². The van der Waals surface area contributed by atoms with Gasteiger partial charge in [-0.1, -0.05) is 39.3 Å². The number of imide groups is 1. The molecule has 1 heterocycles. The van der Waals surface area contributed by atoms with Gasteiger partial charge in [0.05, 0.1) is 0 Å². The van der Waals surface area contributed by atoms with Crippen LogP contribution in [0.1, 0.15) is 58.4 Å². The first-order chi connectivity index (χ1) is 16.1. The number of amides is 4. The van der Waals surface area contributed by atoms with Gasteiger partial charge in [0.25, 0.3) is 11.8 Å². The molecule has 1 aromatic carbocycles. The normalized spacial score (nSPS) is 22.6. The van der Waals surface area contributed by atoms with Gasteiger partial charge in [-0.25, -0.2) is 9.18 Å². The van der Waals surface area contributed by atoms with Crippen molar-refractivity contribution in [3.63, 3.8) is 0 Å². The molecule has 0 aromatic heterocycles. The van der Waals surface area contributed by atoms with Crippen LogP contribution in [0.15, 0.2) is 24.3 Å². The van der Waals surface area contributed by atoms with E-state index in [9.17, 15) is 23.6 Å². The smallest absolute Gasteiger partial charge is 0.326 e. The Labute approximate surface area is 199 Å². The monoisotopic (exact) mass is 475 g/mol. The minimum absolute atomic E-state index is 0.177. The number of carbonyl (C=O) groups excluding carboxylic acids is 4. The van der Waals surface area contributed by atoms with Gasteiger partial charge >= 0.3 is 12.0 Å². The van der Waals surface area contributed by atoms with Crippen LogP contribution in [0.2, 0.25) is 0 Å². The number of carbonyl (C=O) groups is 4. The lowest BCUT2D eigenvalue weighted by Gasteiger charge is -2.42. The largest absolute Gasteiger partial charge is 0.454 e. The SMILES string of the molecule is CCC(C)(C)C1CCC2(CC1)NC(=O)N(CC(=O)OCC(=O)NCCc1ccc(F)cc1)C2=O. The van der Waals surface area contributed by atoms with Gasteiger partial charge in [-0.3, -0.25) is 19.3 Å². The molecule has 34 heavy (non-hydrogen) atoms. The van der Waals surface area contributed by atoms with Gasteiger partial charge in [-0.2, -0.15) is 0 Å². The van der Waals surface area contributed by atoms with E-state index in [1.807, 2.05) is 0 Å². The van der Waals surface area contributed by atoms with Crippen molar-refractivity contribution in [1.29, 1.82) is 0 Å². The first-order valence-electron chi connectivity index (χ1n) is 11.9. The van der Waals surface area contributed by atoms with E-state index in [4.69, 9.17) is 4.74 Å². The molecule has 2 fully saturated rings. The minimum atomic E-state index is -0.949. The number of benzene rings is 1. The first kappa shape index (κ1) is 25.6. The molecular formula is C25H34FN3O5. The zero-order valence-corrected chi connectivity index (χ0v) is 20.1. The number of rotatable bonds is 9. The summed E-state index contributed by atoms with van der Waals surface area (Å²) in [7, 11) is 0. The molecule has 1 aliphatic heterocycles. The van der Waals surface area contributed by atoms with Crippen molar-refractivity contribution in [2.75, 3.05) is 19.7 Å². The summed E-state index contributed by atoms with van der Waals surface area (Å²) in [5.41, 5.74) is 0.0876. The molecule has 2 aliphatic rings. The van der Waals surface area contributed by atoms with Crippen molar-refractivity contribution >= 4 is 23.8 Å². The van der Waals surface area contributed by atoms with Crippen molar-refractivity contribution < 1.29 is 28.3 Å². The van der Waals surface area contributed by atoms with Crippen LogP contribution in [0.4, 0.5) is 9.18 Å². The molecule has 4 amide bonds. The molecule has 0 atom stereocenters. The lowest BCUT2D eigenvalue weighted by molar-refractivity contribution is -0.151. The second kappa shape index (κ2) is 10.5. The molecule has 2 N–H and O–H groups in total. The van der Waals surface area contributed by atoms with E-state index in [0.29, 0.717) is 31.7 Å². The highest BCUT2D eigenvalue weighted by Gasteiger charge is 2.53. The fraction of sp³-hybridized carbons (Fsp3) is 0.600. The Morgan fingerprint density at radius 2 is 1.85 bits per heavy atom. The number of halogens is 1. The van der Waals surface area contributed by atoms with Crippen LogP contribution in [0.5, 0.6) is 0 Å². The van der Waals surface area contributed by atoms with Gasteiger partial charge in [0, 0.05) is 6.54 Å². The lowest BCUT2D eigenvalue weighted by Crippen LogP contribution is -2.51. The Kier molecular flexibility index (Phi) is 7.94. The van der Waals surface area contributed by atoms with Gasteiger partial charge in [0.1, 0.15) is 17.9 Å². The number of esters is 1. The molecule has 1 saturated carbocycles. The van der Waals surface area contributed by atoms with Gasteiger partial charge in [0.15, 0.2) is 6.61 Å². The summed E-state index contributed by atoms with van der Waals surface area (Å²) in [5.74, 6) is -1.57. The standard InChI is InChI=1S/C25H34FN3O5/c1-4-24(2,3)18-9-12-25(13-10-18)22(32)29(23(33)28-25)15-21(31)34-16-20(30)27-14-11-17-5-7-19(26)8-6-17/h5-8,18H,4,9-16H2,1-3H3,(H,27,30)(H,28,33). The number of hydrogen-bond acceptors (Lipinski definition) is 5. The number of hydrogen-bond donors (Lipinski definition) is 2. The van der Waals surface area contributed by atoms with Gasteiger partial charge < -0.3 is 15.4 Å². The molecule has 186 valence electrons. The zero-order chi connectivity index (χ0) is 24.9. The summed E-state index contributed by atoms with van der Waals surface area (Å²) in [6.07, 6.45) is 4.32. The molecule has 0 radical (unpaired) electrons. The molecule has 0 bridgehead atoms. The summed E-state index contributed by atoms with van der Waals surface area (Å²) in [6.45, 7) is 5.88. The molecule has 8 nitrogen and oxygen atoms in total. The Hall–Kier alpha value is -2.97. The fourth-order valence-corrected chi connectivity index (χ4v) is 4.71. The molecule has 9 heteroatoms. The summed E-state index contributed by atoms with van der Waals surface area (Å²) in [4.78, 5) is 50.5. The summed E-state index contributed by atoms with van der Waals surface area (Å²) >= 11 is 0. The first-order valence-corrected chi connectivity index (χ1v) is 11.9. The number of urea groups is 1. The Morgan fingerprint density at radius 3 is 2.47 bits per heavy atom. The maximum Gasteiger partial charge on any atom is 0.326 e. The van der Waals surface area contributed by atoms with Crippen LogP contribution in [0.25, 0.3) is 0 Å². The third-order valence-corrected chi connectivity index (χ3v) is 7.40. The third-order valence-electron chi connectivity index (χ3n) is 7.40. The van der Waals surface area contributed by atoms with E-state index < -0.39 is 42.5 Å². The summed E-state index contributed by atoms with van der Waals surface area (Å²) < 4.78 is 17.9. The maximum absolute atomic E-state index is 13.0. The van der Waals surface area contributed by atoms with E-state index in [1.165, 1.54) is 12.1 Å². The van der Waals surface area contributed by atoms with E-state index >= 15 is 0 Å². The maximum atomic E-state index is 13.0. The predicted molar refractivity (Wildman–Crippen MR) is 123 cm³/mol. The highest BCUT2D eigenvalue weighted by molar-refractivity contribution is 6.08. The topological polar surface area (TPSA) is 105 Å². The number of ether oxygens (including phenoxy) is 1. The van der Waals surface area contributed by atoms with Gasteiger partial charge in [0.2, 0.25) is 0 Å². The van der Waals surface area contributed by atoms with Crippen LogP contribution in [-0.2, 0) is 25.5 Å². The van der Waals surface area contributed by atoms with Crippen molar-refractivity contribution in [1.82, 2.24) is 15.5 Å². The van der Waals surface area contributed by atoms with Crippen molar-refractivity contribution in [2.45, 2.75) is 64.8 Å². The fourth-order valence-electron chi connectivity index (χ4n) is 4.71. The van der Waals surface area contributed by atoms with Crippen LogP contribution < -0.4 is 10.6 Å². The molecular weight excluding hydrogens is 441 g/mol. The van der Waals surface area contributed by atoms with E-state index in [0.717, 1.165) is 29.7 Å². The number of nitrogens with zero attached hydrogens (tertiary/aromatic N) is 1. The second-order valence-corrected chi connectivity index (χ2v) is 9.91. The Bertz CT molecular complexity index is 923. The van der Waals surface area contributed by atoms with Crippen LogP contribution >= 0.6 is 0 Å². The van der Waals surface area contributed by atoms with Crippen molar-refractivity contribution in [3.05, 3.63) is 35.6 Å². The zero-order valence-electron chi connectivity index (χ0n) is 20.1. The Balaban J connectivity index is 1.42. The van der Waals surface area contributed by atoms with E-state index in [-0.39, 0.29) is 11.2 Å². The van der Waals surface area contributed by atoms with Crippen LogP contribution in [0, 0.1) is 17.2 Å². The molecule has 1 spiro atoms. The minimum Gasteiger partial charge on any atom is -0.454 e. The molecule has 3 rings (SSSR count). The third kappa shape index (κ3) is 5.93. The summed E-state index contributed by atoms with van der Waals surface area (Å²) in [6, 6.07) is 5.35. The highest BCUT2D eigenvalue weighted by Crippen LogP contribution is 2.45. The van der Waals surface area contributed by atoms with Crippen molar-refractivity contribution in [3.8, 4) is 0 Å². The van der Waals surface area contributed by atoms with Crippen LogP contribution in [-0.4, -0.2) is 54.0 Å². The van der Waals surface area contributed by atoms with Crippen molar-refractivity contribution in [2.24, 2.45) is 11.3 Å². The average Bonchev–Trinajstić information content (AvgIpc) is 3.03. The van der Waals surface area contributed by atoms with Crippen LogP contribution in [0.3, 0.4) is 0 Å².